The van der Waals surface area contributed by atoms with Crippen molar-refractivity contribution >= 4 is 23.2 Å². The molecule has 0 radical (unpaired) electrons. The summed E-state index contributed by atoms with van der Waals surface area (Å²) in [5, 5.41) is -0.818. The number of rotatable bonds is 6. The van der Waals surface area contributed by atoms with Gasteiger partial charge >= 0.3 is 245 Å². The van der Waals surface area contributed by atoms with E-state index in [1.165, 1.54) is 6.08 Å². The number of hydrogen-bond donors (Lipinski definition) is 0. The van der Waals surface area contributed by atoms with Crippen molar-refractivity contribution in [2.45, 2.75) is 56.0 Å². The molecule has 0 N–H and O–H groups in total. The van der Waals surface area contributed by atoms with Gasteiger partial charge in [0.15, 0.2) is 0 Å². The molecule has 3 aromatic rings. The van der Waals surface area contributed by atoms with E-state index >= 15 is 0 Å². The molecule has 0 saturated heterocycles. The van der Waals surface area contributed by atoms with Crippen molar-refractivity contribution in [3.63, 3.8) is 0 Å². The Morgan fingerprint density at radius 2 is 0.886 bits per heavy atom. The molecule has 3 aromatic carbocycles. The van der Waals surface area contributed by atoms with E-state index in [1.807, 2.05) is 0 Å². The number of halogens is 12. The Labute approximate surface area is 245 Å². The van der Waals surface area contributed by atoms with Gasteiger partial charge in [0.05, 0.1) is 0 Å². The zero-order chi connectivity index (χ0) is 32.8. The van der Waals surface area contributed by atoms with Gasteiger partial charge < -0.3 is 0 Å². The van der Waals surface area contributed by atoms with Crippen molar-refractivity contribution in [3.05, 3.63) is 113 Å². The Morgan fingerprint density at radius 1 is 0.545 bits per heavy atom. The monoisotopic (exact) mass is 656 g/mol. The van der Waals surface area contributed by atoms with E-state index in [2.05, 4.69) is 0 Å². The van der Waals surface area contributed by atoms with Crippen LogP contribution >= 0.6 is 7.26 Å². The van der Waals surface area contributed by atoms with Crippen LogP contribution in [0.4, 0.5) is 52.7 Å². The fraction of sp³-hybridized carbons (Fsp3) is 0.290. The second kappa shape index (κ2) is 11.6. The summed E-state index contributed by atoms with van der Waals surface area (Å²) in [6.07, 6.45) is -15.8. The fourth-order valence-electron chi connectivity index (χ4n) is 6.07. The molecular weight excluding hydrogens is 631 g/mol. The summed E-state index contributed by atoms with van der Waals surface area (Å²) in [5.41, 5.74) is -4.13. The van der Waals surface area contributed by atoms with E-state index < -0.39 is 59.4 Å². The molecule has 1 aliphatic carbocycles. The third-order valence-electron chi connectivity index (χ3n) is 7.97. The molecule has 4 rings (SSSR count). The first kappa shape index (κ1) is 33.6. The summed E-state index contributed by atoms with van der Waals surface area (Å²) in [7, 11) is -4.13. The average Bonchev–Trinajstić information content (AvgIpc) is 2.93. The average molecular weight is 656 g/mol. The minimum absolute atomic E-state index is 0.125. The van der Waals surface area contributed by atoms with Crippen LogP contribution in [0.5, 0.6) is 0 Å². The Hall–Kier alpha value is -3.27. The van der Waals surface area contributed by atoms with Crippen molar-refractivity contribution in [1.82, 2.24) is 0 Å². The molecule has 44 heavy (non-hydrogen) atoms. The summed E-state index contributed by atoms with van der Waals surface area (Å²) < 4.78 is 163. The number of hydrogen-bond acceptors (Lipinski definition) is 0. The molecule has 0 amide bonds. The minimum atomic E-state index is -4.76. The Bertz CT molecular complexity index is 1370. The van der Waals surface area contributed by atoms with Crippen LogP contribution in [-0.4, -0.2) is 11.3 Å². The Morgan fingerprint density at radius 3 is 1.11 bits per heavy atom. The molecule has 0 aromatic heterocycles. The van der Waals surface area contributed by atoms with Gasteiger partial charge in [0.25, 0.3) is 0 Å². The Balaban J connectivity index is 2.14. The predicted molar refractivity (Wildman–Crippen MR) is 147 cm³/mol. The molecule has 1 aliphatic rings. The molecular formula is C31H25F12P. The first-order valence-electron chi connectivity index (χ1n) is 13.3. The molecule has 0 aliphatic heterocycles. The van der Waals surface area contributed by atoms with Gasteiger partial charge in [-0.3, -0.25) is 0 Å². The van der Waals surface area contributed by atoms with E-state index in [9.17, 15) is 52.7 Å². The van der Waals surface area contributed by atoms with Crippen LogP contribution in [-0.2, 0) is 18.5 Å². The zero-order valence-corrected chi connectivity index (χ0v) is 23.8. The second-order valence-electron chi connectivity index (χ2n) is 10.6. The third kappa shape index (κ3) is 6.28. The summed E-state index contributed by atoms with van der Waals surface area (Å²) >= 11 is 0. The van der Waals surface area contributed by atoms with E-state index in [1.54, 1.807) is 6.92 Å². The van der Waals surface area contributed by atoms with E-state index in [0.29, 0.717) is 6.42 Å². The summed E-state index contributed by atoms with van der Waals surface area (Å²) in [4.78, 5) is 0. The van der Waals surface area contributed by atoms with Gasteiger partial charge in [0, 0.05) is 0 Å². The van der Waals surface area contributed by atoms with E-state index in [-0.39, 0.29) is 28.8 Å². The number of benzene rings is 3. The van der Waals surface area contributed by atoms with E-state index in [4.69, 9.17) is 0 Å². The van der Waals surface area contributed by atoms with Crippen molar-refractivity contribution in [3.8, 4) is 0 Å². The topological polar surface area (TPSA) is 0 Å². The van der Waals surface area contributed by atoms with Crippen LogP contribution in [0.1, 0.15) is 42.9 Å². The molecule has 0 spiro atoms. The van der Waals surface area contributed by atoms with Gasteiger partial charge in [-0.15, -0.1) is 0 Å². The molecule has 0 nitrogen and oxygen atoms in total. The fourth-order valence-corrected chi connectivity index (χ4v) is 12.2. The molecule has 0 bridgehead atoms. The normalized spacial score (nSPS) is 18.7. The van der Waals surface area contributed by atoms with Gasteiger partial charge in [-0.1, -0.05) is 0 Å². The number of alkyl halides is 12. The van der Waals surface area contributed by atoms with Gasteiger partial charge in [0.2, 0.25) is 0 Å². The standard InChI is InChI=1S/C31H25F12P/c1-2-17-27(18-15-23(16-19-27)31(41,42)43)44(24-9-3-20(4-10-24)28(32,33)34,25-11-5-21(6-12-25)29(35,36)37)26-13-7-22(8-14-26)30(38,39)40/h3-16,18,44H,2,17,19H2,1H3. The SMILES string of the molecule is CCCC1([PH](c2ccc(C(F)(F)F)cc2)(c2ccc(C(F)(F)F)cc2)c2ccc(C(F)(F)F)cc2)C=CC(C(F)(F)F)=CC1. The van der Waals surface area contributed by atoms with Crippen LogP contribution < -0.4 is 15.9 Å². The maximum atomic E-state index is 13.7. The summed E-state index contributed by atoms with van der Waals surface area (Å²) in [5.74, 6) is 0. The molecule has 238 valence electrons. The van der Waals surface area contributed by atoms with Gasteiger partial charge in [-0.25, -0.2) is 0 Å². The quantitative estimate of drug-likeness (QED) is 0.183. The zero-order valence-electron chi connectivity index (χ0n) is 22.8. The van der Waals surface area contributed by atoms with Gasteiger partial charge in [-0.2, -0.15) is 0 Å². The molecule has 1 atom stereocenters. The van der Waals surface area contributed by atoms with Crippen molar-refractivity contribution < 1.29 is 52.7 Å². The first-order valence-corrected chi connectivity index (χ1v) is 15.3. The van der Waals surface area contributed by atoms with Crippen LogP contribution in [0.2, 0.25) is 0 Å². The third-order valence-corrected chi connectivity index (χ3v) is 13.7. The number of allylic oxidation sites excluding steroid dienone is 4. The van der Waals surface area contributed by atoms with Crippen LogP contribution in [0, 0.1) is 0 Å². The Kier molecular flexibility index (Phi) is 8.85. The van der Waals surface area contributed by atoms with Crippen molar-refractivity contribution in [2.24, 2.45) is 0 Å². The summed E-state index contributed by atoms with van der Waals surface area (Å²) in [6.45, 7) is 1.71. The molecule has 1 unspecified atom stereocenters. The van der Waals surface area contributed by atoms with Crippen LogP contribution in [0.3, 0.4) is 0 Å². The van der Waals surface area contributed by atoms with Gasteiger partial charge in [0.1, 0.15) is 0 Å². The first-order chi connectivity index (χ1) is 20.3. The second-order valence-corrected chi connectivity index (χ2v) is 14.8. The van der Waals surface area contributed by atoms with Crippen LogP contribution in [0.15, 0.2) is 96.6 Å². The predicted octanol–water partition coefficient (Wildman–Crippen LogP) is 9.76. The molecule has 0 heterocycles. The molecule has 13 heteroatoms. The molecule has 0 saturated carbocycles. The van der Waals surface area contributed by atoms with E-state index in [0.717, 1.165) is 84.9 Å². The molecule has 0 fully saturated rings. The van der Waals surface area contributed by atoms with Crippen molar-refractivity contribution in [2.75, 3.05) is 0 Å². The van der Waals surface area contributed by atoms with Gasteiger partial charge in [-0.05, 0) is 0 Å². The van der Waals surface area contributed by atoms with Crippen LogP contribution in [0.25, 0.3) is 0 Å². The van der Waals surface area contributed by atoms with Crippen molar-refractivity contribution in [1.29, 1.82) is 0 Å². The maximum absolute atomic E-state index is 13.7. The summed E-state index contributed by atoms with van der Waals surface area (Å²) in [6, 6.07) is 11.3.